The quantitative estimate of drug-likeness (QED) is 0.315. The van der Waals surface area contributed by atoms with Crippen LogP contribution in [0.3, 0.4) is 0 Å². The molecule has 1 aromatic rings. The van der Waals surface area contributed by atoms with Gasteiger partial charge in [0.25, 0.3) is 0 Å². The number of hydrogen-bond acceptors (Lipinski definition) is 0. The van der Waals surface area contributed by atoms with Gasteiger partial charge in [0, 0.05) is 23.7 Å². The highest BCUT2D eigenvalue weighted by Crippen LogP contribution is 2.47. The monoisotopic (exact) mass is 620 g/mol. The Balaban J connectivity index is 0.884. The third-order valence-corrected chi connectivity index (χ3v) is 12.7. The fourth-order valence-electron chi connectivity index (χ4n) is 9.99. The first kappa shape index (κ1) is 28.6. The molecule has 0 saturated carbocycles. The SMILES string of the molecule is C1=CC2C=CC3=C(C=C(C4=CC=C(c5ccc6c(c5)CCC5=C6CCC(C6=CC7=C(C=CC8C=CC=CC78)CC6)=C5)CC4)CC3)C2C=C1. The summed E-state index contributed by atoms with van der Waals surface area (Å²) in [6.07, 6.45) is 52.4. The lowest BCUT2D eigenvalue weighted by molar-refractivity contribution is 0.617. The maximum Gasteiger partial charge on any atom is 0.0122 e. The maximum absolute atomic E-state index is 2.60. The van der Waals surface area contributed by atoms with E-state index in [4.69, 9.17) is 0 Å². The summed E-state index contributed by atoms with van der Waals surface area (Å²) in [5.41, 5.74) is 21.8. The minimum Gasteiger partial charge on any atom is -0.0767 e. The summed E-state index contributed by atoms with van der Waals surface area (Å²) in [4.78, 5) is 0. The number of rotatable bonds is 3. The molecule has 0 saturated heterocycles. The van der Waals surface area contributed by atoms with Gasteiger partial charge >= 0.3 is 0 Å². The van der Waals surface area contributed by atoms with Crippen molar-refractivity contribution in [3.05, 3.63) is 188 Å². The van der Waals surface area contributed by atoms with Crippen molar-refractivity contribution in [2.24, 2.45) is 23.7 Å². The van der Waals surface area contributed by atoms with Crippen LogP contribution in [-0.2, 0) is 6.42 Å². The van der Waals surface area contributed by atoms with E-state index in [0.717, 1.165) is 19.3 Å². The average Bonchev–Trinajstić information content (AvgIpc) is 3.17. The van der Waals surface area contributed by atoms with E-state index in [0.29, 0.717) is 23.7 Å². The lowest BCUT2D eigenvalue weighted by Crippen LogP contribution is -2.19. The van der Waals surface area contributed by atoms with E-state index in [1.165, 1.54) is 61.6 Å². The second kappa shape index (κ2) is 11.6. The van der Waals surface area contributed by atoms with Crippen molar-refractivity contribution in [2.45, 2.75) is 64.2 Å². The first-order valence-corrected chi connectivity index (χ1v) is 18.7. The smallest absolute Gasteiger partial charge is 0.0122 e. The minimum absolute atomic E-state index is 0.516. The van der Waals surface area contributed by atoms with Crippen LogP contribution >= 0.6 is 0 Å². The van der Waals surface area contributed by atoms with Gasteiger partial charge in [-0.1, -0.05) is 121 Å². The third-order valence-electron chi connectivity index (χ3n) is 12.7. The molecular weight excluding hydrogens is 577 g/mol. The summed E-state index contributed by atoms with van der Waals surface area (Å²) >= 11 is 0. The molecule has 0 radical (unpaired) electrons. The van der Waals surface area contributed by atoms with Crippen LogP contribution in [0.25, 0.3) is 11.1 Å². The second-order valence-corrected chi connectivity index (χ2v) is 15.2. The van der Waals surface area contributed by atoms with Crippen molar-refractivity contribution in [3.8, 4) is 0 Å². The molecule has 236 valence electrons. The van der Waals surface area contributed by atoms with Crippen LogP contribution in [0.2, 0.25) is 0 Å². The molecule has 10 rings (SSSR count). The van der Waals surface area contributed by atoms with E-state index in [1.807, 2.05) is 0 Å². The van der Waals surface area contributed by atoms with E-state index >= 15 is 0 Å². The van der Waals surface area contributed by atoms with E-state index in [-0.39, 0.29) is 0 Å². The predicted molar refractivity (Wildman–Crippen MR) is 202 cm³/mol. The molecule has 0 nitrogen and oxygen atoms in total. The fraction of sp³-hybridized carbons (Fsp3) is 0.292. The molecule has 0 heteroatoms. The molecule has 0 spiro atoms. The molecule has 9 aliphatic carbocycles. The van der Waals surface area contributed by atoms with Crippen molar-refractivity contribution in [1.82, 2.24) is 0 Å². The summed E-state index contributed by atoms with van der Waals surface area (Å²) in [5, 5.41) is 0. The molecule has 0 amide bonds. The number of allylic oxidation sites excluding steroid dienone is 28. The van der Waals surface area contributed by atoms with Crippen molar-refractivity contribution >= 4 is 11.1 Å². The number of benzene rings is 1. The van der Waals surface area contributed by atoms with Gasteiger partial charge in [0.15, 0.2) is 0 Å². The van der Waals surface area contributed by atoms with Gasteiger partial charge in [0.2, 0.25) is 0 Å². The predicted octanol–water partition coefficient (Wildman–Crippen LogP) is 12.1. The lowest BCUT2D eigenvalue weighted by Gasteiger charge is -2.33. The molecule has 4 unspecified atom stereocenters. The minimum atomic E-state index is 0.516. The number of aryl methyl sites for hydroxylation is 1. The van der Waals surface area contributed by atoms with Crippen molar-refractivity contribution in [1.29, 1.82) is 0 Å². The zero-order valence-corrected chi connectivity index (χ0v) is 27.9. The van der Waals surface area contributed by atoms with Crippen LogP contribution in [0, 0.1) is 23.7 Å². The van der Waals surface area contributed by atoms with E-state index in [1.54, 1.807) is 61.3 Å². The molecular formula is C48H44. The van der Waals surface area contributed by atoms with Crippen LogP contribution < -0.4 is 0 Å². The van der Waals surface area contributed by atoms with Gasteiger partial charge in [0.05, 0.1) is 0 Å². The van der Waals surface area contributed by atoms with Gasteiger partial charge in [-0.25, -0.2) is 0 Å². The summed E-state index contributed by atoms with van der Waals surface area (Å²) in [6.45, 7) is 0. The topological polar surface area (TPSA) is 0 Å². The van der Waals surface area contributed by atoms with Crippen LogP contribution in [-0.4, -0.2) is 0 Å². The Bertz CT molecular complexity index is 2070. The second-order valence-electron chi connectivity index (χ2n) is 15.2. The summed E-state index contributed by atoms with van der Waals surface area (Å²) in [5.74, 6) is 2.08. The van der Waals surface area contributed by atoms with Gasteiger partial charge in [-0.2, -0.15) is 0 Å². The molecule has 0 heterocycles. The highest BCUT2D eigenvalue weighted by Gasteiger charge is 2.30. The largest absolute Gasteiger partial charge is 0.0767 e. The van der Waals surface area contributed by atoms with Gasteiger partial charge < -0.3 is 0 Å². The zero-order valence-electron chi connectivity index (χ0n) is 27.9. The first-order chi connectivity index (χ1) is 23.7. The third kappa shape index (κ3) is 4.87. The molecule has 0 fully saturated rings. The van der Waals surface area contributed by atoms with Gasteiger partial charge in [0.1, 0.15) is 0 Å². The van der Waals surface area contributed by atoms with Crippen molar-refractivity contribution < 1.29 is 0 Å². The molecule has 9 aliphatic rings. The summed E-state index contributed by atoms with van der Waals surface area (Å²) in [6, 6.07) is 7.42. The molecule has 0 N–H and O–H groups in total. The van der Waals surface area contributed by atoms with E-state index in [9.17, 15) is 0 Å². The Morgan fingerprint density at radius 3 is 1.69 bits per heavy atom. The van der Waals surface area contributed by atoms with Gasteiger partial charge in [-0.05, 0) is 142 Å². The normalized spacial score (nSPS) is 29.5. The average molecular weight is 621 g/mol. The summed E-state index contributed by atoms with van der Waals surface area (Å²) < 4.78 is 0. The van der Waals surface area contributed by atoms with Crippen LogP contribution in [0.15, 0.2) is 172 Å². The van der Waals surface area contributed by atoms with Gasteiger partial charge in [-0.3, -0.25) is 0 Å². The molecule has 0 bridgehead atoms. The van der Waals surface area contributed by atoms with Crippen LogP contribution in [0.5, 0.6) is 0 Å². The first-order valence-electron chi connectivity index (χ1n) is 18.7. The Kier molecular flexibility index (Phi) is 6.92. The van der Waals surface area contributed by atoms with E-state index < -0.39 is 0 Å². The standard InChI is InChI=1S/C48H44/c1-3-7-43-33(5-1)13-15-35-17-19-39(29-47(35)43)32-11-9-31(10-12-32)37-23-25-45-41(27-37)21-22-42-28-38(24-26-46(42)45)40-20-18-36-16-14-34-6-2-4-8-44(34)48(36)30-40/h1-9,11,13-16,23,25,27-30,33-34,43-44H,10,12,17-22,24,26H2. The van der Waals surface area contributed by atoms with Crippen LogP contribution in [0.1, 0.15) is 74.5 Å². The Labute approximate surface area is 286 Å². The Morgan fingerprint density at radius 2 is 1.00 bits per heavy atom. The summed E-state index contributed by atoms with van der Waals surface area (Å²) in [7, 11) is 0. The highest BCUT2D eigenvalue weighted by molar-refractivity contribution is 5.80. The van der Waals surface area contributed by atoms with E-state index in [2.05, 4.69) is 121 Å². The van der Waals surface area contributed by atoms with Crippen molar-refractivity contribution in [2.75, 3.05) is 0 Å². The lowest BCUT2D eigenvalue weighted by atomic mass is 9.71. The van der Waals surface area contributed by atoms with Gasteiger partial charge in [-0.15, -0.1) is 0 Å². The number of fused-ring (bicyclic) bond motifs is 6. The van der Waals surface area contributed by atoms with Crippen molar-refractivity contribution in [3.63, 3.8) is 0 Å². The maximum atomic E-state index is 2.60. The fourth-order valence-corrected chi connectivity index (χ4v) is 9.99. The molecule has 0 aromatic heterocycles. The Morgan fingerprint density at radius 1 is 0.438 bits per heavy atom. The number of hydrogen-bond donors (Lipinski definition) is 0. The van der Waals surface area contributed by atoms with Crippen LogP contribution in [0.4, 0.5) is 0 Å². The zero-order chi connectivity index (χ0) is 31.6. The highest BCUT2D eigenvalue weighted by atomic mass is 14.3. The molecule has 48 heavy (non-hydrogen) atoms. The molecule has 4 atom stereocenters. The molecule has 1 aromatic carbocycles. The Hall–Kier alpha value is -4.42. The molecule has 0 aliphatic heterocycles.